The minimum Gasteiger partial charge on any atom is -0.378 e. The number of methoxy groups -OCH3 is 1. The molecule has 1 aliphatic rings. The van der Waals surface area contributed by atoms with Crippen LogP contribution in [0.2, 0.25) is 0 Å². The predicted molar refractivity (Wildman–Crippen MR) is 88.1 cm³/mol. The maximum absolute atomic E-state index is 13.3. The van der Waals surface area contributed by atoms with Gasteiger partial charge in [0, 0.05) is 13.2 Å². The van der Waals surface area contributed by atoms with Crippen molar-refractivity contribution in [3.63, 3.8) is 0 Å². The Kier molecular flexibility index (Phi) is 6.20. The van der Waals surface area contributed by atoms with E-state index in [-0.39, 0.29) is 11.4 Å². The van der Waals surface area contributed by atoms with Gasteiger partial charge < -0.3 is 10.1 Å². The summed E-state index contributed by atoms with van der Waals surface area (Å²) < 4.78 is 19.6. The maximum atomic E-state index is 13.3. The molecule has 1 aromatic carbocycles. The van der Waals surface area contributed by atoms with Crippen molar-refractivity contribution in [1.29, 1.82) is 0 Å². The quantitative estimate of drug-likeness (QED) is 0.741. The monoisotopic (exact) mass is 357 g/mol. The van der Waals surface area contributed by atoms with E-state index in [2.05, 4.69) is 28.2 Å². The summed E-state index contributed by atoms with van der Waals surface area (Å²) >= 11 is 3.27. The molecule has 0 heterocycles. The molecule has 0 spiro atoms. The van der Waals surface area contributed by atoms with E-state index in [0.717, 1.165) is 44.2 Å². The van der Waals surface area contributed by atoms with Gasteiger partial charge in [-0.1, -0.05) is 13.0 Å². The topological polar surface area (TPSA) is 21.3 Å². The summed E-state index contributed by atoms with van der Waals surface area (Å²) in [4.78, 5) is 0. The van der Waals surface area contributed by atoms with Gasteiger partial charge in [0.1, 0.15) is 5.82 Å². The minimum atomic E-state index is -0.204. The first kappa shape index (κ1) is 16.9. The summed E-state index contributed by atoms with van der Waals surface area (Å²) in [7, 11) is 1.82. The Morgan fingerprint density at radius 2 is 2.19 bits per heavy atom. The van der Waals surface area contributed by atoms with Gasteiger partial charge in [-0.2, -0.15) is 0 Å². The fourth-order valence-electron chi connectivity index (χ4n) is 3.03. The number of benzene rings is 1. The molecule has 0 saturated heterocycles. The van der Waals surface area contributed by atoms with E-state index in [4.69, 9.17) is 4.74 Å². The van der Waals surface area contributed by atoms with E-state index in [1.807, 2.05) is 19.2 Å². The highest BCUT2D eigenvalue weighted by Crippen LogP contribution is 2.39. The van der Waals surface area contributed by atoms with E-state index in [1.165, 1.54) is 12.5 Å². The lowest BCUT2D eigenvalue weighted by Gasteiger charge is -2.43. The first-order valence-corrected chi connectivity index (χ1v) is 8.60. The van der Waals surface area contributed by atoms with Gasteiger partial charge in [-0.3, -0.25) is 0 Å². The Bertz CT molecular complexity index is 457. The van der Waals surface area contributed by atoms with Crippen molar-refractivity contribution in [2.75, 3.05) is 13.7 Å². The predicted octanol–water partition coefficient (Wildman–Crippen LogP) is 4.46. The third-order valence-corrected chi connectivity index (χ3v) is 5.07. The zero-order valence-electron chi connectivity index (χ0n) is 12.9. The smallest absolute Gasteiger partial charge is 0.137 e. The lowest BCUT2D eigenvalue weighted by atomic mass is 9.75. The number of rotatable bonds is 8. The second-order valence-electron chi connectivity index (χ2n) is 6.05. The second-order valence-corrected chi connectivity index (χ2v) is 6.90. The average molecular weight is 358 g/mol. The molecule has 1 saturated carbocycles. The zero-order chi connectivity index (χ0) is 15.3. The van der Waals surface area contributed by atoms with Crippen molar-refractivity contribution in [2.45, 2.75) is 57.1 Å². The summed E-state index contributed by atoms with van der Waals surface area (Å²) in [6.07, 6.45) is 6.62. The third-order valence-electron chi connectivity index (χ3n) is 4.47. The number of ether oxygens (including phenoxy) is 1. The minimum absolute atomic E-state index is 0.0582. The summed E-state index contributed by atoms with van der Waals surface area (Å²) in [5, 5.41) is 3.62. The summed E-state index contributed by atoms with van der Waals surface area (Å²) in [5.41, 5.74) is 1.21. The van der Waals surface area contributed by atoms with E-state index in [1.54, 1.807) is 0 Å². The van der Waals surface area contributed by atoms with Crippen LogP contribution in [0.15, 0.2) is 22.7 Å². The number of hydrogen-bond donors (Lipinski definition) is 1. The van der Waals surface area contributed by atoms with Crippen LogP contribution >= 0.6 is 15.9 Å². The molecule has 1 atom stereocenters. The number of nitrogens with one attached hydrogen (secondary N) is 1. The lowest BCUT2D eigenvalue weighted by molar-refractivity contribution is -0.0834. The highest BCUT2D eigenvalue weighted by atomic mass is 79.9. The van der Waals surface area contributed by atoms with Crippen molar-refractivity contribution < 1.29 is 9.13 Å². The molecule has 0 aromatic heterocycles. The molecule has 0 bridgehead atoms. The molecule has 0 amide bonds. The van der Waals surface area contributed by atoms with Crippen LogP contribution in [0.1, 0.15) is 44.6 Å². The van der Waals surface area contributed by atoms with E-state index in [9.17, 15) is 4.39 Å². The number of hydrogen-bond acceptors (Lipinski definition) is 2. The van der Waals surface area contributed by atoms with Gasteiger partial charge in [-0.25, -0.2) is 4.39 Å². The Morgan fingerprint density at radius 1 is 1.43 bits per heavy atom. The van der Waals surface area contributed by atoms with Crippen LogP contribution in [-0.4, -0.2) is 25.3 Å². The normalized spacial score (nSPS) is 18.3. The Morgan fingerprint density at radius 3 is 2.71 bits per heavy atom. The molecule has 1 N–H and O–H groups in total. The first-order chi connectivity index (χ1) is 10.1. The fourth-order valence-corrected chi connectivity index (χ4v) is 3.45. The Labute approximate surface area is 135 Å². The fraction of sp³-hybridized carbons (Fsp3) is 0.647. The van der Waals surface area contributed by atoms with Crippen molar-refractivity contribution in [2.24, 2.45) is 0 Å². The van der Waals surface area contributed by atoms with Crippen molar-refractivity contribution >= 4 is 15.9 Å². The highest BCUT2D eigenvalue weighted by Gasteiger charge is 2.38. The van der Waals surface area contributed by atoms with Gasteiger partial charge in [0.15, 0.2) is 0 Å². The van der Waals surface area contributed by atoms with Gasteiger partial charge in [0.2, 0.25) is 0 Å². The second kappa shape index (κ2) is 7.70. The standard InChI is InChI=1S/C17H25BrFNO/c1-3-9-20-14(12-17(21-2)7-4-8-17)10-13-5-6-16(19)15(18)11-13/h5-6,11,14,20H,3-4,7-10,12H2,1-2H3. The Hall–Kier alpha value is -0.450. The molecule has 118 valence electrons. The maximum Gasteiger partial charge on any atom is 0.137 e. The Balaban J connectivity index is 2.02. The molecule has 1 aromatic rings. The molecule has 2 rings (SSSR count). The molecule has 21 heavy (non-hydrogen) atoms. The van der Waals surface area contributed by atoms with Crippen LogP contribution in [0, 0.1) is 5.82 Å². The average Bonchev–Trinajstić information content (AvgIpc) is 2.44. The van der Waals surface area contributed by atoms with E-state index < -0.39 is 0 Å². The molecular formula is C17H25BrFNO. The van der Waals surface area contributed by atoms with E-state index in [0.29, 0.717) is 10.5 Å². The molecular weight excluding hydrogens is 333 g/mol. The summed E-state index contributed by atoms with van der Waals surface area (Å²) in [5.74, 6) is -0.204. The zero-order valence-corrected chi connectivity index (χ0v) is 14.5. The van der Waals surface area contributed by atoms with E-state index >= 15 is 0 Å². The molecule has 1 fully saturated rings. The summed E-state index contributed by atoms with van der Waals surface area (Å²) in [6.45, 7) is 3.18. The van der Waals surface area contributed by atoms with Gasteiger partial charge in [-0.05, 0) is 78.7 Å². The molecule has 1 aliphatic carbocycles. The highest BCUT2D eigenvalue weighted by molar-refractivity contribution is 9.10. The van der Waals surface area contributed by atoms with Crippen LogP contribution in [0.4, 0.5) is 4.39 Å². The van der Waals surface area contributed by atoms with Gasteiger partial charge in [0.25, 0.3) is 0 Å². The van der Waals surface area contributed by atoms with Crippen molar-refractivity contribution in [3.8, 4) is 0 Å². The lowest BCUT2D eigenvalue weighted by Crippen LogP contribution is -2.46. The SMILES string of the molecule is CCCNC(Cc1ccc(F)c(Br)c1)CC1(OC)CCC1. The van der Waals surface area contributed by atoms with Gasteiger partial charge in [0.05, 0.1) is 10.1 Å². The molecule has 4 heteroatoms. The molecule has 2 nitrogen and oxygen atoms in total. The number of halogens is 2. The largest absolute Gasteiger partial charge is 0.378 e. The molecule has 0 aliphatic heterocycles. The van der Waals surface area contributed by atoms with Crippen LogP contribution in [0.25, 0.3) is 0 Å². The molecule has 0 radical (unpaired) electrons. The third kappa shape index (κ3) is 4.51. The van der Waals surface area contributed by atoms with Crippen LogP contribution in [0.3, 0.4) is 0 Å². The van der Waals surface area contributed by atoms with Crippen LogP contribution in [0.5, 0.6) is 0 Å². The molecule has 1 unspecified atom stereocenters. The van der Waals surface area contributed by atoms with Crippen molar-refractivity contribution in [3.05, 3.63) is 34.1 Å². The van der Waals surface area contributed by atoms with Gasteiger partial charge in [-0.15, -0.1) is 0 Å². The van der Waals surface area contributed by atoms with Crippen molar-refractivity contribution in [1.82, 2.24) is 5.32 Å². The van der Waals surface area contributed by atoms with Crippen LogP contribution < -0.4 is 5.32 Å². The summed E-state index contributed by atoms with van der Waals surface area (Å²) in [6, 6.07) is 5.67. The van der Waals surface area contributed by atoms with Gasteiger partial charge >= 0.3 is 0 Å². The van der Waals surface area contributed by atoms with Crippen LogP contribution in [-0.2, 0) is 11.2 Å². The first-order valence-electron chi connectivity index (χ1n) is 7.81.